The zero-order valence-corrected chi connectivity index (χ0v) is 12.6. The number of rotatable bonds is 8. The van der Waals surface area contributed by atoms with Crippen LogP contribution in [0.3, 0.4) is 0 Å². The summed E-state index contributed by atoms with van der Waals surface area (Å²) in [5, 5.41) is 9.11. The maximum Gasteiger partial charge on any atom is 0.304 e. The summed E-state index contributed by atoms with van der Waals surface area (Å²) >= 11 is 0. The van der Waals surface area contributed by atoms with Crippen molar-refractivity contribution >= 4 is 5.97 Å². The summed E-state index contributed by atoms with van der Waals surface area (Å²) in [6, 6.07) is 19.9. The van der Waals surface area contributed by atoms with E-state index >= 15 is 0 Å². The molecule has 0 aliphatic heterocycles. The van der Waals surface area contributed by atoms with Crippen molar-refractivity contribution in [1.29, 1.82) is 0 Å². The first kappa shape index (κ1) is 16.2. The van der Waals surface area contributed by atoms with E-state index in [0.717, 1.165) is 11.1 Å². The molecule has 0 aliphatic rings. The Morgan fingerprint density at radius 3 is 1.77 bits per heavy atom. The predicted molar refractivity (Wildman–Crippen MR) is 87.2 cm³/mol. The molecule has 1 atom stereocenters. The fourth-order valence-corrected chi connectivity index (χ4v) is 2.51. The Morgan fingerprint density at radius 2 is 1.41 bits per heavy atom. The van der Waals surface area contributed by atoms with Gasteiger partial charge in [0.25, 0.3) is 0 Å². The van der Waals surface area contributed by atoms with Crippen molar-refractivity contribution in [3.05, 3.63) is 71.8 Å². The molecule has 0 bridgehead atoms. The van der Waals surface area contributed by atoms with Crippen molar-refractivity contribution < 1.29 is 9.90 Å². The fourth-order valence-electron chi connectivity index (χ4n) is 2.51. The SMILES string of the molecule is NC[C@H](CC(=O)O)N(Cc1ccccc1)Cc1ccccc1. The van der Waals surface area contributed by atoms with Crippen LogP contribution in [-0.2, 0) is 17.9 Å². The highest BCUT2D eigenvalue weighted by atomic mass is 16.4. The zero-order chi connectivity index (χ0) is 15.8. The van der Waals surface area contributed by atoms with Crippen LogP contribution in [0.4, 0.5) is 0 Å². The Hall–Kier alpha value is -2.17. The molecule has 0 spiro atoms. The predicted octanol–water partition coefficient (Wildman–Crippen LogP) is 2.49. The summed E-state index contributed by atoms with van der Waals surface area (Å²) in [5.41, 5.74) is 8.13. The van der Waals surface area contributed by atoms with Crippen LogP contribution in [0.25, 0.3) is 0 Å². The molecule has 4 nitrogen and oxygen atoms in total. The summed E-state index contributed by atoms with van der Waals surface area (Å²) in [6.07, 6.45) is 0.0518. The number of nitrogens with two attached hydrogens (primary N) is 1. The second-order valence-corrected chi connectivity index (χ2v) is 5.36. The Bertz CT molecular complexity index is 531. The van der Waals surface area contributed by atoms with Crippen molar-refractivity contribution in [2.45, 2.75) is 25.6 Å². The van der Waals surface area contributed by atoms with Gasteiger partial charge in [-0.1, -0.05) is 60.7 Å². The minimum atomic E-state index is -0.818. The number of nitrogens with zero attached hydrogens (tertiary/aromatic N) is 1. The van der Waals surface area contributed by atoms with E-state index < -0.39 is 5.97 Å². The molecule has 0 heterocycles. The molecular weight excluding hydrogens is 276 g/mol. The van der Waals surface area contributed by atoms with E-state index in [-0.39, 0.29) is 12.5 Å². The number of hydrogen-bond acceptors (Lipinski definition) is 3. The quantitative estimate of drug-likeness (QED) is 0.786. The third-order valence-electron chi connectivity index (χ3n) is 3.66. The average Bonchev–Trinajstić information content (AvgIpc) is 2.54. The summed E-state index contributed by atoms with van der Waals surface area (Å²) < 4.78 is 0. The van der Waals surface area contributed by atoms with Gasteiger partial charge < -0.3 is 10.8 Å². The minimum Gasteiger partial charge on any atom is -0.481 e. The monoisotopic (exact) mass is 298 g/mol. The summed E-state index contributed by atoms with van der Waals surface area (Å²) in [4.78, 5) is 13.2. The van der Waals surface area contributed by atoms with Crippen molar-refractivity contribution in [2.75, 3.05) is 6.54 Å². The van der Waals surface area contributed by atoms with Gasteiger partial charge in [-0.3, -0.25) is 9.69 Å². The summed E-state index contributed by atoms with van der Waals surface area (Å²) in [5.74, 6) is -0.818. The first-order valence-electron chi connectivity index (χ1n) is 7.43. The first-order chi connectivity index (χ1) is 10.7. The minimum absolute atomic E-state index is 0.0518. The average molecular weight is 298 g/mol. The number of carboxylic acid groups (broad SMARTS) is 1. The van der Waals surface area contributed by atoms with Gasteiger partial charge in [-0.05, 0) is 11.1 Å². The van der Waals surface area contributed by atoms with E-state index in [4.69, 9.17) is 10.8 Å². The lowest BCUT2D eigenvalue weighted by molar-refractivity contribution is -0.138. The van der Waals surface area contributed by atoms with Crippen LogP contribution in [0.5, 0.6) is 0 Å². The molecule has 116 valence electrons. The molecule has 0 amide bonds. The van der Waals surface area contributed by atoms with Crippen LogP contribution in [0.2, 0.25) is 0 Å². The molecular formula is C18H22N2O2. The van der Waals surface area contributed by atoms with Crippen LogP contribution in [-0.4, -0.2) is 28.6 Å². The number of aliphatic carboxylic acids is 1. The maximum absolute atomic E-state index is 11.1. The number of hydrogen-bond donors (Lipinski definition) is 2. The van der Waals surface area contributed by atoms with Crippen molar-refractivity contribution in [1.82, 2.24) is 4.90 Å². The van der Waals surface area contributed by atoms with Crippen LogP contribution >= 0.6 is 0 Å². The van der Waals surface area contributed by atoms with E-state index in [1.807, 2.05) is 60.7 Å². The molecule has 0 unspecified atom stereocenters. The lowest BCUT2D eigenvalue weighted by Gasteiger charge is -2.30. The number of carbonyl (C=O) groups is 1. The van der Waals surface area contributed by atoms with Crippen LogP contribution in [0, 0.1) is 0 Å². The molecule has 2 rings (SSSR count). The largest absolute Gasteiger partial charge is 0.481 e. The Balaban J connectivity index is 2.17. The standard InChI is InChI=1S/C18H22N2O2/c19-12-17(11-18(21)22)20(13-15-7-3-1-4-8-15)14-16-9-5-2-6-10-16/h1-10,17H,11-14,19H2,(H,21,22)/t17-/m0/s1. The van der Waals surface area contributed by atoms with Gasteiger partial charge in [0.2, 0.25) is 0 Å². The fraction of sp³-hybridized carbons (Fsp3) is 0.278. The highest BCUT2D eigenvalue weighted by molar-refractivity contribution is 5.67. The van der Waals surface area contributed by atoms with E-state index in [0.29, 0.717) is 19.6 Å². The van der Waals surface area contributed by atoms with E-state index in [9.17, 15) is 4.79 Å². The third kappa shape index (κ3) is 4.98. The Labute approximate surface area is 131 Å². The highest BCUT2D eigenvalue weighted by Crippen LogP contribution is 2.15. The third-order valence-corrected chi connectivity index (χ3v) is 3.66. The van der Waals surface area contributed by atoms with Crippen molar-refractivity contribution in [2.24, 2.45) is 5.73 Å². The lowest BCUT2D eigenvalue weighted by Crippen LogP contribution is -2.41. The van der Waals surface area contributed by atoms with E-state index in [2.05, 4.69) is 4.90 Å². The van der Waals surface area contributed by atoms with Crippen molar-refractivity contribution in [3.63, 3.8) is 0 Å². The molecule has 22 heavy (non-hydrogen) atoms. The van der Waals surface area contributed by atoms with Gasteiger partial charge in [0.05, 0.1) is 6.42 Å². The second kappa shape index (κ2) is 8.32. The Morgan fingerprint density at radius 1 is 0.955 bits per heavy atom. The zero-order valence-electron chi connectivity index (χ0n) is 12.6. The lowest BCUT2D eigenvalue weighted by atomic mass is 10.1. The maximum atomic E-state index is 11.1. The molecule has 0 saturated carbocycles. The Kier molecular flexibility index (Phi) is 6.13. The van der Waals surface area contributed by atoms with Gasteiger partial charge in [0.1, 0.15) is 0 Å². The van der Waals surface area contributed by atoms with Gasteiger partial charge in [-0.15, -0.1) is 0 Å². The van der Waals surface area contributed by atoms with Crippen LogP contribution in [0.15, 0.2) is 60.7 Å². The first-order valence-corrected chi connectivity index (χ1v) is 7.43. The van der Waals surface area contributed by atoms with Gasteiger partial charge in [0.15, 0.2) is 0 Å². The smallest absolute Gasteiger partial charge is 0.304 e. The van der Waals surface area contributed by atoms with E-state index in [1.54, 1.807) is 0 Å². The second-order valence-electron chi connectivity index (χ2n) is 5.36. The van der Waals surface area contributed by atoms with Gasteiger partial charge >= 0.3 is 5.97 Å². The molecule has 3 N–H and O–H groups in total. The molecule has 0 saturated heterocycles. The van der Waals surface area contributed by atoms with Gasteiger partial charge in [-0.2, -0.15) is 0 Å². The van der Waals surface area contributed by atoms with Crippen LogP contribution in [0.1, 0.15) is 17.5 Å². The molecule has 4 heteroatoms. The van der Waals surface area contributed by atoms with Gasteiger partial charge in [-0.25, -0.2) is 0 Å². The molecule has 0 aliphatic carbocycles. The topological polar surface area (TPSA) is 66.6 Å². The summed E-state index contributed by atoms with van der Waals surface area (Å²) in [6.45, 7) is 1.70. The normalized spacial score (nSPS) is 12.3. The van der Waals surface area contributed by atoms with Crippen molar-refractivity contribution in [3.8, 4) is 0 Å². The number of carboxylic acids is 1. The summed E-state index contributed by atoms with van der Waals surface area (Å²) in [7, 11) is 0. The molecule has 2 aromatic rings. The molecule has 0 aromatic heterocycles. The molecule has 2 aromatic carbocycles. The molecule has 0 fully saturated rings. The molecule has 0 radical (unpaired) electrons. The van der Waals surface area contributed by atoms with E-state index in [1.165, 1.54) is 0 Å². The highest BCUT2D eigenvalue weighted by Gasteiger charge is 2.20. The van der Waals surface area contributed by atoms with Gasteiger partial charge in [0, 0.05) is 25.7 Å². The van der Waals surface area contributed by atoms with Crippen LogP contribution < -0.4 is 5.73 Å². The number of benzene rings is 2.